The standard InChI is InChI=1S/C13H24N4/c1-10(2)7-11-8-15-12(16-9-11)17-13(3,4)5-6-14/h8-10H,5-7,14H2,1-4H3,(H,15,16,17). The summed E-state index contributed by atoms with van der Waals surface area (Å²) in [5.41, 5.74) is 6.69. The molecule has 0 aliphatic rings. The summed E-state index contributed by atoms with van der Waals surface area (Å²) in [6, 6.07) is 0. The maximum atomic E-state index is 5.57. The minimum absolute atomic E-state index is 0.0612. The summed E-state index contributed by atoms with van der Waals surface area (Å²) in [5, 5.41) is 3.30. The van der Waals surface area contributed by atoms with Crippen molar-refractivity contribution in [3.63, 3.8) is 0 Å². The highest BCUT2D eigenvalue weighted by molar-refractivity contribution is 5.28. The van der Waals surface area contributed by atoms with Gasteiger partial charge < -0.3 is 11.1 Å². The van der Waals surface area contributed by atoms with Gasteiger partial charge in [0.1, 0.15) is 0 Å². The molecule has 1 aromatic rings. The van der Waals surface area contributed by atoms with Crippen LogP contribution >= 0.6 is 0 Å². The van der Waals surface area contributed by atoms with Crippen LogP contribution < -0.4 is 11.1 Å². The third kappa shape index (κ3) is 5.13. The van der Waals surface area contributed by atoms with Crippen LogP contribution in [0.15, 0.2) is 12.4 Å². The molecule has 0 amide bonds. The summed E-state index contributed by atoms with van der Waals surface area (Å²) in [5.74, 6) is 1.31. The summed E-state index contributed by atoms with van der Waals surface area (Å²) in [7, 11) is 0. The van der Waals surface area contributed by atoms with E-state index in [1.54, 1.807) is 0 Å². The number of aromatic nitrogens is 2. The first-order valence-corrected chi connectivity index (χ1v) is 6.22. The summed E-state index contributed by atoms with van der Waals surface area (Å²) in [4.78, 5) is 8.67. The van der Waals surface area contributed by atoms with E-state index in [9.17, 15) is 0 Å². The topological polar surface area (TPSA) is 63.8 Å². The maximum Gasteiger partial charge on any atom is 0.223 e. The number of nitrogens with one attached hydrogen (secondary N) is 1. The van der Waals surface area contributed by atoms with Gasteiger partial charge in [0, 0.05) is 17.9 Å². The lowest BCUT2D eigenvalue weighted by Crippen LogP contribution is -2.34. The fourth-order valence-electron chi connectivity index (χ4n) is 1.72. The first kappa shape index (κ1) is 13.9. The predicted octanol–water partition coefficient (Wildman–Crippen LogP) is 2.21. The molecule has 1 heterocycles. The third-order valence-electron chi connectivity index (χ3n) is 2.57. The maximum absolute atomic E-state index is 5.57. The Hall–Kier alpha value is -1.16. The smallest absolute Gasteiger partial charge is 0.223 e. The highest BCUT2D eigenvalue weighted by atomic mass is 15.1. The van der Waals surface area contributed by atoms with Gasteiger partial charge in [0.25, 0.3) is 0 Å². The number of nitrogens with zero attached hydrogens (tertiary/aromatic N) is 2. The van der Waals surface area contributed by atoms with Gasteiger partial charge >= 0.3 is 0 Å². The molecule has 3 N–H and O–H groups in total. The van der Waals surface area contributed by atoms with E-state index in [0.717, 1.165) is 12.8 Å². The third-order valence-corrected chi connectivity index (χ3v) is 2.57. The van der Waals surface area contributed by atoms with Crippen LogP contribution in [-0.2, 0) is 6.42 Å². The van der Waals surface area contributed by atoms with Gasteiger partial charge in [-0.2, -0.15) is 0 Å². The number of hydrogen-bond donors (Lipinski definition) is 2. The quantitative estimate of drug-likeness (QED) is 0.795. The molecule has 1 aromatic heterocycles. The van der Waals surface area contributed by atoms with Crippen molar-refractivity contribution in [3.05, 3.63) is 18.0 Å². The van der Waals surface area contributed by atoms with Gasteiger partial charge in [0.05, 0.1) is 0 Å². The molecule has 17 heavy (non-hydrogen) atoms. The van der Waals surface area contributed by atoms with E-state index >= 15 is 0 Å². The summed E-state index contributed by atoms with van der Waals surface area (Å²) >= 11 is 0. The Balaban J connectivity index is 2.62. The Morgan fingerprint density at radius 2 is 1.88 bits per heavy atom. The van der Waals surface area contributed by atoms with E-state index in [4.69, 9.17) is 5.73 Å². The molecule has 0 radical (unpaired) electrons. The van der Waals surface area contributed by atoms with Crippen molar-refractivity contribution in [2.24, 2.45) is 11.7 Å². The van der Waals surface area contributed by atoms with Crippen LogP contribution in [0.5, 0.6) is 0 Å². The van der Waals surface area contributed by atoms with E-state index < -0.39 is 0 Å². The summed E-state index contributed by atoms with van der Waals surface area (Å²) in [6.45, 7) is 9.25. The zero-order chi connectivity index (χ0) is 12.9. The summed E-state index contributed by atoms with van der Waals surface area (Å²) in [6.07, 6.45) is 5.71. The van der Waals surface area contributed by atoms with Crippen LogP contribution in [0.25, 0.3) is 0 Å². The molecular weight excluding hydrogens is 212 g/mol. The van der Waals surface area contributed by atoms with E-state index in [-0.39, 0.29) is 5.54 Å². The van der Waals surface area contributed by atoms with Gasteiger partial charge in [-0.05, 0) is 44.7 Å². The minimum atomic E-state index is -0.0612. The Labute approximate surface area is 104 Å². The lowest BCUT2D eigenvalue weighted by atomic mass is 10.0. The van der Waals surface area contributed by atoms with Gasteiger partial charge in [-0.3, -0.25) is 0 Å². The van der Waals surface area contributed by atoms with Crippen molar-refractivity contribution in [3.8, 4) is 0 Å². The normalized spacial score (nSPS) is 11.9. The van der Waals surface area contributed by atoms with Crippen molar-refractivity contribution >= 4 is 5.95 Å². The van der Waals surface area contributed by atoms with E-state index in [1.807, 2.05) is 12.4 Å². The minimum Gasteiger partial charge on any atom is -0.349 e. The molecule has 0 aliphatic heterocycles. The zero-order valence-electron chi connectivity index (χ0n) is 11.3. The molecule has 0 aliphatic carbocycles. The van der Waals surface area contributed by atoms with Gasteiger partial charge in [-0.1, -0.05) is 13.8 Å². The lowest BCUT2D eigenvalue weighted by Gasteiger charge is -2.25. The fraction of sp³-hybridized carbons (Fsp3) is 0.692. The van der Waals surface area contributed by atoms with E-state index in [2.05, 4.69) is 43.0 Å². The highest BCUT2D eigenvalue weighted by Gasteiger charge is 2.17. The average Bonchev–Trinajstić information content (AvgIpc) is 2.19. The Kier molecular flexibility index (Phi) is 4.87. The second-order valence-corrected chi connectivity index (χ2v) is 5.56. The van der Waals surface area contributed by atoms with Gasteiger partial charge in [-0.25, -0.2) is 9.97 Å². The number of nitrogens with two attached hydrogens (primary N) is 1. The largest absolute Gasteiger partial charge is 0.349 e. The molecule has 0 aromatic carbocycles. The van der Waals surface area contributed by atoms with Gasteiger partial charge in [0.2, 0.25) is 5.95 Å². The predicted molar refractivity (Wildman–Crippen MR) is 71.9 cm³/mol. The Morgan fingerprint density at radius 3 is 2.35 bits per heavy atom. The van der Waals surface area contributed by atoms with Crippen LogP contribution in [0, 0.1) is 5.92 Å². The molecule has 0 bridgehead atoms. The molecule has 0 saturated heterocycles. The Morgan fingerprint density at radius 1 is 1.29 bits per heavy atom. The summed E-state index contributed by atoms with van der Waals surface area (Å²) < 4.78 is 0. The van der Waals surface area contributed by atoms with Gasteiger partial charge in [0.15, 0.2) is 0 Å². The fourth-order valence-corrected chi connectivity index (χ4v) is 1.72. The van der Waals surface area contributed by atoms with Crippen LogP contribution in [0.3, 0.4) is 0 Å². The van der Waals surface area contributed by atoms with Gasteiger partial charge in [-0.15, -0.1) is 0 Å². The molecule has 0 saturated carbocycles. The Bertz CT molecular complexity index is 330. The molecule has 4 nitrogen and oxygen atoms in total. The number of rotatable bonds is 6. The molecule has 96 valence electrons. The van der Waals surface area contributed by atoms with E-state index in [0.29, 0.717) is 18.4 Å². The monoisotopic (exact) mass is 236 g/mol. The van der Waals surface area contributed by atoms with Crippen molar-refractivity contribution in [1.82, 2.24) is 9.97 Å². The average molecular weight is 236 g/mol. The van der Waals surface area contributed by atoms with E-state index in [1.165, 1.54) is 5.56 Å². The second kappa shape index (κ2) is 5.96. The zero-order valence-corrected chi connectivity index (χ0v) is 11.3. The van der Waals surface area contributed by atoms with Crippen LogP contribution in [0.2, 0.25) is 0 Å². The van der Waals surface area contributed by atoms with Crippen LogP contribution in [0.1, 0.15) is 39.7 Å². The van der Waals surface area contributed by atoms with Crippen molar-refractivity contribution in [1.29, 1.82) is 0 Å². The molecule has 1 rings (SSSR count). The first-order valence-electron chi connectivity index (χ1n) is 6.22. The van der Waals surface area contributed by atoms with Crippen LogP contribution in [0.4, 0.5) is 5.95 Å². The molecular formula is C13H24N4. The molecule has 4 heteroatoms. The highest BCUT2D eigenvalue weighted by Crippen LogP contribution is 2.14. The molecule has 0 fully saturated rings. The lowest BCUT2D eigenvalue weighted by molar-refractivity contribution is 0.521. The van der Waals surface area contributed by atoms with Crippen molar-refractivity contribution < 1.29 is 0 Å². The SMILES string of the molecule is CC(C)Cc1cnc(NC(C)(C)CCN)nc1. The number of anilines is 1. The van der Waals surface area contributed by atoms with Crippen molar-refractivity contribution in [2.75, 3.05) is 11.9 Å². The number of hydrogen-bond acceptors (Lipinski definition) is 4. The first-order chi connectivity index (χ1) is 7.93. The molecule has 0 atom stereocenters. The van der Waals surface area contributed by atoms with Crippen LogP contribution in [-0.4, -0.2) is 22.1 Å². The molecule has 0 unspecified atom stereocenters. The van der Waals surface area contributed by atoms with Crippen molar-refractivity contribution in [2.45, 2.75) is 46.1 Å². The molecule has 0 spiro atoms. The second-order valence-electron chi connectivity index (χ2n) is 5.56.